The Kier molecular flexibility index (Phi) is 6.44. The zero-order valence-electron chi connectivity index (χ0n) is 18.6. The van der Waals surface area contributed by atoms with Gasteiger partial charge in [0.15, 0.2) is 5.60 Å². The van der Waals surface area contributed by atoms with Gasteiger partial charge in [-0.15, -0.1) is 0 Å². The smallest absolute Gasteiger partial charge is 0.173 e. The van der Waals surface area contributed by atoms with Crippen LogP contribution in [0.3, 0.4) is 0 Å². The highest BCUT2D eigenvalue weighted by Crippen LogP contribution is 2.37. The summed E-state index contributed by atoms with van der Waals surface area (Å²) in [6.07, 6.45) is 4.09. The highest BCUT2D eigenvalue weighted by Gasteiger charge is 2.37. The number of hydrogen-bond acceptors (Lipinski definition) is 5. The fourth-order valence-corrected chi connectivity index (χ4v) is 4.57. The third kappa shape index (κ3) is 4.81. The molecule has 3 heterocycles. The van der Waals surface area contributed by atoms with Crippen LogP contribution in [0.2, 0.25) is 0 Å². The molecule has 1 fully saturated rings. The van der Waals surface area contributed by atoms with Gasteiger partial charge in [-0.25, -0.2) is 0 Å². The summed E-state index contributed by atoms with van der Waals surface area (Å²) in [5, 5.41) is 12.0. The highest BCUT2D eigenvalue weighted by molar-refractivity contribution is 5.43. The van der Waals surface area contributed by atoms with Gasteiger partial charge < -0.3 is 18.7 Å². The molecule has 0 amide bonds. The van der Waals surface area contributed by atoms with E-state index in [4.69, 9.17) is 13.6 Å². The number of ether oxygens (including phenoxy) is 1. The van der Waals surface area contributed by atoms with E-state index >= 15 is 0 Å². The highest BCUT2D eigenvalue weighted by atomic mass is 16.5. The average molecular weight is 444 g/mol. The number of nitrogens with zero attached hydrogens (tertiary/aromatic N) is 1. The predicted octanol–water partition coefficient (Wildman–Crippen LogP) is 5.34. The van der Waals surface area contributed by atoms with Crippen molar-refractivity contribution in [2.45, 2.75) is 37.6 Å². The van der Waals surface area contributed by atoms with Gasteiger partial charge in [-0.2, -0.15) is 0 Å². The van der Waals surface area contributed by atoms with E-state index in [-0.39, 0.29) is 6.10 Å². The summed E-state index contributed by atoms with van der Waals surface area (Å²) >= 11 is 0. The van der Waals surface area contributed by atoms with Gasteiger partial charge in [-0.1, -0.05) is 60.7 Å². The Balaban J connectivity index is 1.43. The van der Waals surface area contributed by atoms with Crippen LogP contribution in [0.1, 0.15) is 41.2 Å². The fraction of sp³-hybridized carbons (Fsp3) is 0.286. The van der Waals surface area contributed by atoms with E-state index in [0.29, 0.717) is 18.8 Å². The van der Waals surface area contributed by atoms with Gasteiger partial charge in [0.2, 0.25) is 0 Å². The lowest BCUT2D eigenvalue weighted by molar-refractivity contribution is 0.0606. The zero-order chi connectivity index (χ0) is 22.5. The molecule has 4 aromatic rings. The summed E-state index contributed by atoms with van der Waals surface area (Å²) in [4.78, 5) is 2.28. The van der Waals surface area contributed by atoms with Gasteiger partial charge in [0, 0.05) is 13.2 Å². The SMILES string of the molecule is OC(c1ccccc1)(c1ccccc1)c1ccc(CN(Cc2ccco2)C[C@@H]2CCCO2)o1. The lowest BCUT2D eigenvalue weighted by Crippen LogP contribution is -2.31. The van der Waals surface area contributed by atoms with Crippen molar-refractivity contribution >= 4 is 0 Å². The maximum atomic E-state index is 12.0. The number of aliphatic hydroxyl groups is 1. The van der Waals surface area contributed by atoms with Crippen LogP contribution >= 0.6 is 0 Å². The molecule has 0 aliphatic carbocycles. The Hall–Kier alpha value is -3.12. The molecule has 0 radical (unpaired) electrons. The second-order valence-electron chi connectivity index (χ2n) is 8.59. The molecular weight excluding hydrogens is 414 g/mol. The molecule has 1 atom stereocenters. The maximum Gasteiger partial charge on any atom is 0.173 e. The third-order valence-corrected chi connectivity index (χ3v) is 6.23. The fourth-order valence-electron chi connectivity index (χ4n) is 4.57. The van der Waals surface area contributed by atoms with Crippen LogP contribution in [-0.4, -0.2) is 29.3 Å². The van der Waals surface area contributed by atoms with Crippen LogP contribution in [0, 0.1) is 0 Å². The molecule has 5 nitrogen and oxygen atoms in total. The summed E-state index contributed by atoms with van der Waals surface area (Å²) in [6, 6.07) is 27.0. The van der Waals surface area contributed by atoms with E-state index in [1.165, 1.54) is 0 Å². The molecule has 0 unspecified atom stereocenters. The Morgan fingerprint density at radius 1 is 0.818 bits per heavy atom. The summed E-state index contributed by atoms with van der Waals surface area (Å²) in [5.74, 6) is 2.20. The molecule has 1 aliphatic heterocycles. The normalized spacial score (nSPS) is 16.5. The lowest BCUT2D eigenvalue weighted by Gasteiger charge is -2.27. The molecule has 2 aromatic carbocycles. The number of rotatable bonds is 9. The minimum absolute atomic E-state index is 0.222. The first-order valence-electron chi connectivity index (χ1n) is 11.5. The number of hydrogen-bond donors (Lipinski definition) is 1. The standard InChI is InChI=1S/C28H29NO4/c30-28(22-9-3-1-4-10-22,23-11-5-2-6-12-23)27-16-15-26(33-27)21-29(19-24-13-7-17-31-24)20-25-14-8-18-32-25/h1-7,9-13,15-17,25,30H,8,14,18-21H2/t25-/m0/s1. The predicted molar refractivity (Wildman–Crippen MR) is 125 cm³/mol. The summed E-state index contributed by atoms with van der Waals surface area (Å²) in [5.41, 5.74) is 0.161. The first-order chi connectivity index (χ1) is 16.2. The van der Waals surface area contributed by atoms with E-state index in [1.54, 1.807) is 6.26 Å². The van der Waals surface area contributed by atoms with Crippen molar-refractivity contribution in [3.05, 3.63) is 120 Å². The van der Waals surface area contributed by atoms with E-state index in [1.807, 2.05) is 84.9 Å². The van der Waals surface area contributed by atoms with Gasteiger partial charge in [0.1, 0.15) is 17.3 Å². The van der Waals surface area contributed by atoms with Crippen molar-refractivity contribution in [1.29, 1.82) is 0 Å². The van der Waals surface area contributed by atoms with E-state index < -0.39 is 5.60 Å². The van der Waals surface area contributed by atoms with Gasteiger partial charge in [0.25, 0.3) is 0 Å². The number of furan rings is 2. The van der Waals surface area contributed by atoms with Crippen LogP contribution in [0.5, 0.6) is 0 Å². The van der Waals surface area contributed by atoms with Crippen LogP contribution in [0.25, 0.3) is 0 Å². The minimum atomic E-state index is -1.37. The molecule has 1 saturated heterocycles. The molecule has 5 heteroatoms. The maximum absolute atomic E-state index is 12.0. The largest absolute Gasteiger partial charge is 0.468 e. The van der Waals surface area contributed by atoms with Crippen LogP contribution in [-0.2, 0) is 23.4 Å². The first kappa shape index (κ1) is 21.7. The Morgan fingerprint density at radius 2 is 1.52 bits per heavy atom. The molecule has 0 saturated carbocycles. The van der Waals surface area contributed by atoms with E-state index in [0.717, 1.165) is 48.6 Å². The minimum Gasteiger partial charge on any atom is -0.468 e. The summed E-state index contributed by atoms with van der Waals surface area (Å²) < 4.78 is 17.8. The first-order valence-corrected chi connectivity index (χ1v) is 11.5. The van der Waals surface area contributed by atoms with Crippen LogP contribution in [0.4, 0.5) is 0 Å². The van der Waals surface area contributed by atoms with Gasteiger partial charge in [-0.05, 0) is 48.2 Å². The molecule has 0 spiro atoms. The van der Waals surface area contributed by atoms with Gasteiger partial charge >= 0.3 is 0 Å². The quantitative estimate of drug-likeness (QED) is 0.378. The van der Waals surface area contributed by atoms with E-state index in [2.05, 4.69) is 4.90 Å². The topological polar surface area (TPSA) is 59.0 Å². The van der Waals surface area contributed by atoms with Crippen molar-refractivity contribution < 1.29 is 18.7 Å². The molecule has 2 aromatic heterocycles. The third-order valence-electron chi connectivity index (χ3n) is 6.23. The second-order valence-corrected chi connectivity index (χ2v) is 8.59. The number of benzene rings is 2. The molecule has 33 heavy (non-hydrogen) atoms. The summed E-state index contributed by atoms with van der Waals surface area (Å²) in [6.45, 7) is 2.90. The van der Waals surface area contributed by atoms with Crippen molar-refractivity contribution in [2.75, 3.05) is 13.2 Å². The molecule has 1 aliphatic rings. The molecular formula is C28H29NO4. The van der Waals surface area contributed by atoms with Crippen molar-refractivity contribution in [2.24, 2.45) is 0 Å². The molecule has 1 N–H and O–H groups in total. The van der Waals surface area contributed by atoms with E-state index in [9.17, 15) is 5.11 Å². The van der Waals surface area contributed by atoms with Crippen LogP contribution < -0.4 is 0 Å². The molecule has 170 valence electrons. The monoisotopic (exact) mass is 443 g/mol. The Labute approximate surface area is 194 Å². The average Bonchev–Trinajstić information content (AvgIpc) is 3.64. The Morgan fingerprint density at radius 3 is 2.12 bits per heavy atom. The Bertz CT molecular complexity index is 1080. The summed E-state index contributed by atoms with van der Waals surface area (Å²) in [7, 11) is 0. The lowest BCUT2D eigenvalue weighted by atomic mass is 9.84. The zero-order valence-corrected chi connectivity index (χ0v) is 18.6. The van der Waals surface area contributed by atoms with Crippen molar-refractivity contribution in [1.82, 2.24) is 4.90 Å². The second kappa shape index (κ2) is 9.79. The molecule has 5 rings (SSSR count). The van der Waals surface area contributed by atoms with Crippen molar-refractivity contribution in [3.8, 4) is 0 Å². The van der Waals surface area contributed by atoms with Crippen LogP contribution in [0.15, 0.2) is 100 Å². The molecule has 0 bridgehead atoms. The van der Waals surface area contributed by atoms with Gasteiger partial charge in [0.05, 0.1) is 25.5 Å². The van der Waals surface area contributed by atoms with Crippen molar-refractivity contribution in [3.63, 3.8) is 0 Å². The van der Waals surface area contributed by atoms with Gasteiger partial charge in [-0.3, -0.25) is 4.90 Å².